The van der Waals surface area contributed by atoms with Gasteiger partial charge in [0.2, 0.25) is 0 Å². The van der Waals surface area contributed by atoms with Crippen molar-refractivity contribution in [1.29, 1.82) is 0 Å². The third-order valence-electron chi connectivity index (χ3n) is 2.40. The second kappa shape index (κ2) is 7.58. The van der Waals surface area contributed by atoms with Crippen LogP contribution in [0.3, 0.4) is 0 Å². The minimum absolute atomic E-state index is 0.136. The smallest absolute Gasteiger partial charge is 0.176 e. The van der Waals surface area contributed by atoms with Gasteiger partial charge in [-0.2, -0.15) is 0 Å². The van der Waals surface area contributed by atoms with E-state index in [1.807, 2.05) is 43.1 Å². The average molecular weight is 300 g/mol. The van der Waals surface area contributed by atoms with Crippen molar-refractivity contribution in [3.63, 3.8) is 0 Å². The number of carbonyl (C=O) groups excluding carboxylic acids is 1. The average Bonchev–Trinajstić information content (AvgIpc) is 2.30. The maximum atomic E-state index is 11.9. The Morgan fingerprint density at radius 2 is 2.00 bits per heavy atom. The van der Waals surface area contributed by atoms with Gasteiger partial charge in [0.1, 0.15) is 0 Å². The number of hydrogen-bond acceptors (Lipinski definition) is 3. The second-order valence-electron chi connectivity index (χ2n) is 3.86. The lowest BCUT2D eigenvalue weighted by atomic mass is 10.1. The van der Waals surface area contributed by atoms with Crippen LogP contribution in [0.25, 0.3) is 0 Å². The zero-order valence-electron chi connectivity index (χ0n) is 10.3. The van der Waals surface area contributed by atoms with Gasteiger partial charge in [0.15, 0.2) is 5.78 Å². The first-order chi connectivity index (χ1) is 8.13. The van der Waals surface area contributed by atoms with Crippen LogP contribution in [0.15, 0.2) is 28.7 Å². The van der Waals surface area contributed by atoms with Crippen molar-refractivity contribution >= 4 is 21.7 Å². The molecule has 0 fully saturated rings. The van der Waals surface area contributed by atoms with Gasteiger partial charge in [0.25, 0.3) is 0 Å². The number of Topliss-reactive ketones (excluding diaryl/α,β-unsaturated/α-hetero) is 1. The van der Waals surface area contributed by atoms with E-state index in [1.165, 1.54) is 0 Å². The molecule has 0 unspecified atom stereocenters. The molecule has 0 radical (unpaired) electrons. The summed E-state index contributed by atoms with van der Waals surface area (Å²) in [5.41, 5.74) is 0.747. The molecule has 1 aromatic carbocycles. The summed E-state index contributed by atoms with van der Waals surface area (Å²) in [6.45, 7) is 4.55. The van der Waals surface area contributed by atoms with Crippen LogP contribution in [-0.2, 0) is 4.74 Å². The van der Waals surface area contributed by atoms with E-state index < -0.39 is 0 Å². The lowest BCUT2D eigenvalue weighted by Gasteiger charge is -2.15. The number of nitrogens with zero attached hydrogens (tertiary/aromatic N) is 1. The highest BCUT2D eigenvalue weighted by Gasteiger charge is 2.08. The van der Waals surface area contributed by atoms with Gasteiger partial charge >= 0.3 is 0 Å². The Morgan fingerprint density at radius 3 is 2.59 bits per heavy atom. The zero-order valence-corrected chi connectivity index (χ0v) is 11.9. The molecule has 0 aromatic heterocycles. The van der Waals surface area contributed by atoms with Gasteiger partial charge in [0, 0.05) is 23.2 Å². The fourth-order valence-corrected chi connectivity index (χ4v) is 1.68. The molecule has 17 heavy (non-hydrogen) atoms. The Labute approximate surface area is 111 Å². The number of carbonyl (C=O) groups is 1. The summed E-state index contributed by atoms with van der Waals surface area (Å²) < 4.78 is 6.23. The molecule has 1 rings (SSSR count). The van der Waals surface area contributed by atoms with Crippen molar-refractivity contribution in [2.45, 2.75) is 6.92 Å². The Morgan fingerprint density at radius 1 is 1.35 bits per heavy atom. The monoisotopic (exact) mass is 299 g/mol. The van der Waals surface area contributed by atoms with E-state index in [9.17, 15) is 4.79 Å². The number of benzene rings is 1. The molecule has 0 aliphatic carbocycles. The molecule has 0 saturated carbocycles. The second-order valence-corrected chi connectivity index (χ2v) is 4.78. The third kappa shape index (κ3) is 5.44. The van der Waals surface area contributed by atoms with E-state index in [2.05, 4.69) is 15.9 Å². The van der Waals surface area contributed by atoms with Crippen LogP contribution < -0.4 is 0 Å². The summed E-state index contributed by atoms with van der Waals surface area (Å²) in [4.78, 5) is 13.9. The minimum Gasteiger partial charge on any atom is -0.380 e. The zero-order chi connectivity index (χ0) is 12.7. The fraction of sp³-hybridized carbons (Fsp3) is 0.462. The van der Waals surface area contributed by atoms with Crippen molar-refractivity contribution in [1.82, 2.24) is 4.90 Å². The van der Waals surface area contributed by atoms with Crippen LogP contribution in [-0.4, -0.2) is 44.0 Å². The first kappa shape index (κ1) is 14.4. The van der Waals surface area contributed by atoms with E-state index in [0.29, 0.717) is 19.8 Å². The lowest BCUT2D eigenvalue weighted by Crippen LogP contribution is -2.29. The topological polar surface area (TPSA) is 29.5 Å². The van der Waals surface area contributed by atoms with Crippen LogP contribution in [0, 0.1) is 0 Å². The molecule has 4 heteroatoms. The highest BCUT2D eigenvalue weighted by atomic mass is 79.9. The van der Waals surface area contributed by atoms with Crippen molar-refractivity contribution in [2.75, 3.05) is 33.4 Å². The number of rotatable bonds is 7. The molecular formula is C13H18BrNO2. The number of ketones is 1. The molecule has 0 aliphatic rings. The van der Waals surface area contributed by atoms with Crippen molar-refractivity contribution in [2.24, 2.45) is 0 Å². The maximum Gasteiger partial charge on any atom is 0.176 e. The molecule has 0 spiro atoms. The fourth-order valence-electron chi connectivity index (χ4n) is 1.42. The van der Waals surface area contributed by atoms with Gasteiger partial charge in [0.05, 0.1) is 13.2 Å². The van der Waals surface area contributed by atoms with Crippen molar-refractivity contribution in [3.8, 4) is 0 Å². The molecular weight excluding hydrogens is 282 g/mol. The Bertz CT molecular complexity index is 351. The molecule has 0 aliphatic heterocycles. The van der Waals surface area contributed by atoms with Crippen LogP contribution in [0.4, 0.5) is 0 Å². The number of likely N-dealkylation sites (N-methyl/N-ethyl adjacent to an activating group) is 1. The Balaban J connectivity index is 2.40. The van der Waals surface area contributed by atoms with Gasteiger partial charge in [-0.1, -0.05) is 28.1 Å². The number of halogens is 1. The van der Waals surface area contributed by atoms with E-state index in [0.717, 1.165) is 16.6 Å². The molecule has 0 heterocycles. The molecule has 0 amide bonds. The normalized spacial score (nSPS) is 10.8. The van der Waals surface area contributed by atoms with Gasteiger partial charge in [-0.25, -0.2) is 0 Å². The molecule has 1 aromatic rings. The SMILES string of the molecule is CCOCCN(C)CC(=O)c1ccc(Br)cc1. The molecule has 0 atom stereocenters. The van der Waals surface area contributed by atoms with Crippen LogP contribution >= 0.6 is 15.9 Å². The van der Waals surface area contributed by atoms with Gasteiger partial charge in [-0.15, -0.1) is 0 Å². The molecule has 0 bridgehead atoms. The summed E-state index contributed by atoms with van der Waals surface area (Å²) in [5.74, 6) is 0.136. The largest absolute Gasteiger partial charge is 0.380 e. The number of hydrogen-bond donors (Lipinski definition) is 0. The Kier molecular flexibility index (Phi) is 6.40. The summed E-state index contributed by atoms with van der Waals surface area (Å²) in [5, 5.41) is 0. The molecule has 0 saturated heterocycles. The van der Waals surface area contributed by atoms with Crippen LogP contribution in [0.5, 0.6) is 0 Å². The molecule has 94 valence electrons. The van der Waals surface area contributed by atoms with E-state index >= 15 is 0 Å². The highest BCUT2D eigenvalue weighted by Crippen LogP contribution is 2.11. The van der Waals surface area contributed by atoms with E-state index in [1.54, 1.807) is 0 Å². The molecule has 0 N–H and O–H groups in total. The van der Waals surface area contributed by atoms with Gasteiger partial charge in [-0.3, -0.25) is 9.69 Å². The quantitative estimate of drug-likeness (QED) is 0.572. The van der Waals surface area contributed by atoms with Crippen molar-refractivity contribution in [3.05, 3.63) is 34.3 Å². The predicted octanol–water partition coefficient (Wildman–Crippen LogP) is 2.60. The maximum absolute atomic E-state index is 11.9. The van der Waals surface area contributed by atoms with Gasteiger partial charge in [-0.05, 0) is 26.1 Å². The lowest BCUT2D eigenvalue weighted by molar-refractivity contribution is 0.0896. The first-order valence-electron chi connectivity index (χ1n) is 5.68. The predicted molar refractivity (Wildman–Crippen MR) is 72.5 cm³/mol. The van der Waals surface area contributed by atoms with Crippen molar-refractivity contribution < 1.29 is 9.53 Å². The van der Waals surface area contributed by atoms with E-state index in [-0.39, 0.29) is 5.78 Å². The minimum atomic E-state index is 0.136. The standard InChI is InChI=1S/C13H18BrNO2/c1-3-17-9-8-15(2)10-13(16)11-4-6-12(14)7-5-11/h4-7H,3,8-10H2,1-2H3. The van der Waals surface area contributed by atoms with Crippen LogP contribution in [0.2, 0.25) is 0 Å². The summed E-state index contributed by atoms with van der Waals surface area (Å²) in [6.07, 6.45) is 0. The summed E-state index contributed by atoms with van der Waals surface area (Å²) in [7, 11) is 1.93. The summed E-state index contributed by atoms with van der Waals surface area (Å²) in [6, 6.07) is 7.44. The summed E-state index contributed by atoms with van der Waals surface area (Å²) >= 11 is 3.35. The number of ether oxygens (including phenoxy) is 1. The highest BCUT2D eigenvalue weighted by molar-refractivity contribution is 9.10. The first-order valence-corrected chi connectivity index (χ1v) is 6.48. The third-order valence-corrected chi connectivity index (χ3v) is 2.93. The van der Waals surface area contributed by atoms with Gasteiger partial charge < -0.3 is 4.74 Å². The molecule has 3 nitrogen and oxygen atoms in total. The van der Waals surface area contributed by atoms with Crippen LogP contribution in [0.1, 0.15) is 17.3 Å². The van der Waals surface area contributed by atoms with E-state index in [4.69, 9.17) is 4.74 Å². The Hall–Kier alpha value is -0.710.